The van der Waals surface area contributed by atoms with Gasteiger partial charge in [-0.25, -0.2) is 0 Å². The Hall–Kier alpha value is 0.270. The van der Waals surface area contributed by atoms with Crippen LogP contribution in [-0.2, 0) is 0 Å². The molecule has 1 aliphatic heterocycles. The van der Waals surface area contributed by atoms with E-state index in [1.165, 1.54) is 58.3 Å². The van der Waals surface area contributed by atoms with Gasteiger partial charge in [0.25, 0.3) is 0 Å². The van der Waals surface area contributed by atoms with E-state index in [0.717, 1.165) is 10.6 Å². The van der Waals surface area contributed by atoms with Crippen LogP contribution in [0.15, 0.2) is 0 Å². The molecule has 0 radical (unpaired) electrons. The molecule has 0 bridgehead atoms. The van der Waals surface area contributed by atoms with Crippen LogP contribution in [0.1, 0.15) is 39.0 Å². The van der Waals surface area contributed by atoms with E-state index >= 15 is 0 Å². The number of hydrogen-bond donors (Lipinski definition) is 1. The molecule has 1 unspecified atom stereocenters. The first kappa shape index (κ1) is 11.7. The maximum atomic E-state index is 3.42. The SMILES string of the molecule is CC(SC1CCCCC1)N1CCNCC1. The molecule has 88 valence electrons. The van der Waals surface area contributed by atoms with Crippen LogP contribution in [0.4, 0.5) is 0 Å². The minimum atomic E-state index is 0.732. The fraction of sp³-hybridized carbons (Fsp3) is 1.00. The number of rotatable bonds is 3. The topological polar surface area (TPSA) is 15.3 Å². The zero-order valence-electron chi connectivity index (χ0n) is 9.87. The molecule has 3 heteroatoms. The number of thioether (sulfide) groups is 1. The molecule has 15 heavy (non-hydrogen) atoms. The van der Waals surface area contributed by atoms with Crippen LogP contribution in [0.25, 0.3) is 0 Å². The monoisotopic (exact) mass is 228 g/mol. The molecular weight excluding hydrogens is 204 g/mol. The van der Waals surface area contributed by atoms with E-state index in [2.05, 4.69) is 28.9 Å². The third kappa shape index (κ3) is 3.65. The van der Waals surface area contributed by atoms with E-state index in [-0.39, 0.29) is 0 Å². The highest BCUT2D eigenvalue weighted by atomic mass is 32.2. The van der Waals surface area contributed by atoms with E-state index in [9.17, 15) is 0 Å². The summed E-state index contributed by atoms with van der Waals surface area (Å²) in [5, 5.41) is 5.10. The van der Waals surface area contributed by atoms with Crippen LogP contribution in [0.3, 0.4) is 0 Å². The van der Waals surface area contributed by atoms with Gasteiger partial charge in [0.15, 0.2) is 0 Å². The second-order valence-corrected chi connectivity index (χ2v) is 6.40. The highest BCUT2D eigenvalue weighted by Crippen LogP contribution is 2.32. The number of piperazine rings is 1. The lowest BCUT2D eigenvalue weighted by Gasteiger charge is -2.35. The summed E-state index contributed by atoms with van der Waals surface area (Å²) < 4.78 is 0. The quantitative estimate of drug-likeness (QED) is 0.798. The van der Waals surface area contributed by atoms with Crippen molar-refractivity contribution in [3.05, 3.63) is 0 Å². The predicted octanol–water partition coefficient (Wildman–Crippen LogP) is 2.30. The summed E-state index contributed by atoms with van der Waals surface area (Å²) in [6.45, 7) is 7.22. The Morgan fingerprint density at radius 1 is 1.13 bits per heavy atom. The zero-order valence-corrected chi connectivity index (χ0v) is 10.7. The average molecular weight is 228 g/mol. The largest absolute Gasteiger partial charge is 0.314 e. The molecular formula is C12H24N2S. The second-order valence-electron chi connectivity index (χ2n) is 4.78. The van der Waals surface area contributed by atoms with Gasteiger partial charge in [-0.05, 0) is 19.8 Å². The third-order valence-corrected chi connectivity index (χ3v) is 5.16. The Kier molecular flexibility index (Phi) is 4.79. The Labute approximate surface area is 98.2 Å². The van der Waals surface area contributed by atoms with Gasteiger partial charge in [-0.2, -0.15) is 0 Å². The minimum absolute atomic E-state index is 0.732. The van der Waals surface area contributed by atoms with Crippen molar-refractivity contribution in [2.45, 2.75) is 49.7 Å². The van der Waals surface area contributed by atoms with Gasteiger partial charge < -0.3 is 5.32 Å². The van der Waals surface area contributed by atoms with Crippen LogP contribution in [-0.4, -0.2) is 41.7 Å². The second kappa shape index (κ2) is 6.12. The van der Waals surface area contributed by atoms with Gasteiger partial charge in [-0.15, -0.1) is 11.8 Å². The van der Waals surface area contributed by atoms with Crippen molar-refractivity contribution < 1.29 is 0 Å². The smallest absolute Gasteiger partial charge is 0.0532 e. The van der Waals surface area contributed by atoms with E-state index in [4.69, 9.17) is 0 Å². The summed E-state index contributed by atoms with van der Waals surface area (Å²) in [7, 11) is 0. The predicted molar refractivity (Wildman–Crippen MR) is 68.4 cm³/mol. The summed E-state index contributed by atoms with van der Waals surface area (Å²) in [6.07, 6.45) is 7.32. The molecule has 0 aromatic carbocycles. The van der Waals surface area contributed by atoms with Crippen LogP contribution < -0.4 is 5.32 Å². The molecule has 0 aromatic rings. The zero-order chi connectivity index (χ0) is 10.5. The molecule has 1 saturated heterocycles. The van der Waals surface area contributed by atoms with Crippen molar-refractivity contribution in [1.29, 1.82) is 0 Å². The third-order valence-electron chi connectivity index (χ3n) is 3.61. The van der Waals surface area contributed by atoms with E-state index in [1.807, 2.05) is 0 Å². The van der Waals surface area contributed by atoms with Crippen molar-refractivity contribution in [3.8, 4) is 0 Å². The minimum Gasteiger partial charge on any atom is -0.314 e. The Morgan fingerprint density at radius 2 is 1.80 bits per heavy atom. The summed E-state index contributed by atoms with van der Waals surface area (Å²) in [4.78, 5) is 2.63. The summed E-state index contributed by atoms with van der Waals surface area (Å²) >= 11 is 2.23. The van der Waals surface area contributed by atoms with Gasteiger partial charge in [-0.3, -0.25) is 4.90 Å². The lowest BCUT2D eigenvalue weighted by molar-refractivity contribution is 0.234. The maximum absolute atomic E-state index is 3.42. The molecule has 2 fully saturated rings. The van der Waals surface area contributed by atoms with Crippen LogP contribution in [0.5, 0.6) is 0 Å². The molecule has 0 amide bonds. The Balaban J connectivity index is 1.72. The summed E-state index contributed by atoms with van der Waals surface area (Å²) in [6, 6.07) is 0. The molecule has 2 nitrogen and oxygen atoms in total. The number of nitrogens with zero attached hydrogens (tertiary/aromatic N) is 1. The van der Waals surface area contributed by atoms with Gasteiger partial charge in [0, 0.05) is 31.4 Å². The van der Waals surface area contributed by atoms with Gasteiger partial charge in [0.2, 0.25) is 0 Å². The fourth-order valence-corrected chi connectivity index (χ4v) is 4.16. The van der Waals surface area contributed by atoms with Gasteiger partial charge in [0.1, 0.15) is 0 Å². The normalized spacial score (nSPS) is 27.8. The van der Waals surface area contributed by atoms with Crippen molar-refractivity contribution >= 4 is 11.8 Å². The standard InChI is InChI=1S/C12H24N2S/c1-11(14-9-7-13-8-10-14)15-12-5-3-2-4-6-12/h11-13H,2-10H2,1H3. The highest BCUT2D eigenvalue weighted by molar-refractivity contribution is 8.00. The van der Waals surface area contributed by atoms with Crippen molar-refractivity contribution in [1.82, 2.24) is 10.2 Å². The van der Waals surface area contributed by atoms with E-state index < -0.39 is 0 Å². The van der Waals surface area contributed by atoms with Crippen LogP contribution in [0, 0.1) is 0 Å². The number of nitrogens with one attached hydrogen (secondary N) is 1. The molecule has 2 aliphatic rings. The maximum Gasteiger partial charge on any atom is 0.0532 e. The summed E-state index contributed by atoms with van der Waals surface area (Å²) in [5.74, 6) is 0. The molecule has 1 N–H and O–H groups in total. The van der Waals surface area contributed by atoms with E-state index in [1.54, 1.807) is 0 Å². The molecule has 0 spiro atoms. The van der Waals surface area contributed by atoms with E-state index in [0.29, 0.717) is 0 Å². The number of hydrogen-bond acceptors (Lipinski definition) is 3. The molecule has 1 saturated carbocycles. The van der Waals surface area contributed by atoms with Crippen molar-refractivity contribution in [2.24, 2.45) is 0 Å². The molecule has 0 aromatic heterocycles. The highest BCUT2D eigenvalue weighted by Gasteiger charge is 2.21. The first-order valence-electron chi connectivity index (χ1n) is 6.46. The molecule has 1 aliphatic carbocycles. The average Bonchev–Trinajstić information content (AvgIpc) is 2.31. The Bertz CT molecular complexity index is 174. The fourth-order valence-electron chi connectivity index (χ4n) is 2.61. The first-order chi connectivity index (χ1) is 7.36. The lowest BCUT2D eigenvalue weighted by Crippen LogP contribution is -2.46. The van der Waals surface area contributed by atoms with Gasteiger partial charge >= 0.3 is 0 Å². The molecule has 1 heterocycles. The Morgan fingerprint density at radius 3 is 2.47 bits per heavy atom. The van der Waals surface area contributed by atoms with Gasteiger partial charge in [0.05, 0.1) is 5.37 Å². The van der Waals surface area contributed by atoms with Gasteiger partial charge in [-0.1, -0.05) is 19.3 Å². The van der Waals surface area contributed by atoms with Crippen molar-refractivity contribution in [2.75, 3.05) is 26.2 Å². The van der Waals surface area contributed by atoms with Crippen LogP contribution in [0.2, 0.25) is 0 Å². The molecule has 2 rings (SSSR count). The molecule has 1 atom stereocenters. The lowest BCUT2D eigenvalue weighted by atomic mass is 10.0. The first-order valence-corrected chi connectivity index (χ1v) is 7.41. The summed E-state index contributed by atoms with van der Waals surface area (Å²) in [5.41, 5.74) is 0. The van der Waals surface area contributed by atoms with Crippen LogP contribution >= 0.6 is 11.8 Å². The van der Waals surface area contributed by atoms with Crippen molar-refractivity contribution in [3.63, 3.8) is 0 Å².